The number of sulfonamides is 1. The van der Waals surface area contributed by atoms with Gasteiger partial charge in [-0.1, -0.05) is 23.7 Å². The monoisotopic (exact) mass is 412 g/mol. The van der Waals surface area contributed by atoms with Crippen molar-refractivity contribution in [1.82, 2.24) is 5.32 Å². The minimum Gasteiger partial charge on any atom is -0.354 e. The number of rotatable bonds is 8. The van der Waals surface area contributed by atoms with E-state index in [1.807, 2.05) is 37.3 Å². The van der Waals surface area contributed by atoms with Crippen molar-refractivity contribution in [3.05, 3.63) is 59.1 Å². The van der Waals surface area contributed by atoms with E-state index in [1.165, 1.54) is 0 Å². The SMILES string of the molecule is Cc1cccc(N(CC(=O)NCCSc2ccc(Cl)cc2)S(C)(=O)=O)c1. The molecule has 0 aromatic heterocycles. The summed E-state index contributed by atoms with van der Waals surface area (Å²) in [6.45, 7) is 2.07. The molecule has 2 aromatic carbocycles. The Morgan fingerprint density at radius 1 is 1.19 bits per heavy atom. The number of thioether (sulfide) groups is 1. The highest BCUT2D eigenvalue weighted by Gasteiger charge is 2.20. The summed E-state index contributed by atoms with van der Waals surface area (Å²) >= 11 is 7.43. The number of carbonyl (C=O) groups excluding carboxylic acids is 1. The zero-order chi connectivity index (χ0) is 19.2. The molecule has 0 saturated heterocycles. The van der Waals surface area contributed by atoms with Gasteiger partial charge in [-0.25, -0.2) is 8.42 Å². The van der Waals surface area contributed by atoms with Gasteiger partial charge in [-0.15, -0.1) is 11.8 Å². The Morgan fingerprint density at radius 2 is 1.88 bits per heavy atom. The molecule has 140 valence electrons. The minimum atomic E-state index is -3.55. The molecule has 0 aliphatic carbocycles. The van der Waals surface area contributed by atoms with Crippen molar-refractivity contribution in [3.63, 3.8) is 0 Å². The van der Waals surface area contributed by atoms with Crippen LogP contribution in [0, 0.1) is 6.92 Å². The van der Waals surface area contributed by atoms with Crippen LogP contribution in [0.2, 0.25) is 5.02 Å². The number of nitrogens with zero attached hydrogens (tertiary/aromatic N) is 1. The summed E-state index contributed by atoms with van der Waals surface area (Å²) in [6.07, 6.45) is 1.10. The summed E-state index contributed by atoms with van der Waals surface area (Å²) in [5, 5.41) is 3.44. The number of amides is 1. The number of benzene rings is 2. The molecule has 0 aliphatic rings. The second-order valence-electron chi connectivity index (χ2n) is 5.76. The van der Waals surface area contributed by atoms with Crippen LogP contribution in [-0.4, -0.2) is 39.4 Å². The van der Waals surface area contributed by atoms with Crippen molar-refractivity contribution in [2.45, 2.75) is 11.8 Å². The van der Waals surface area contributed by atoms with Gasteiger partial charge in [-0.05, 0) is 48.9 Å². The van der Waals surface area contributed by atoms with Crippen molar-refractivity contribution in [1.29, 1.82) is 0 Å². The molecule has 0 heterocycles. The van der Waals surface area contributed by atoms with Gasteiger partial charge in [0.2, 0.25) is 15.9 Å². The molecule has 1 N–H and O–H groups in total. The molecule has 2 rings (SSSR count). The van der Waals surface area contributed by atoms with Crippen molar-refractivity contribution in [2.24, 2.45) is 0 Å². The summed E-state index contributed by atoms with van der Waals surface area (Å²) in [5.41, 5.74) is 1.41. The fourth-order valence-corrected chi connectivity index (χ4v) is 4.00. The summed E-state index contributed by atoms with van der Waals surface area (Å²) in [6, 6.07) is 14.5. The van der Waals surface area contributed by atoms with Crippen molar-refractivity contribution in [3.8, 4) is 0 Å². The standard InChI is InChI=1S/C18H21ClN2O3S2/c1-14-4-3-5-16(12-14)21(26(2,23)24)13-18(22)20-10-11-25-17-8-6-15(19)7-9-17/h3-9,12H,10-11,13H2,1-2H3,(H,20,22). The van der Waals surface area contributed by atoms with Crippen LogP contribution in [0.25, 0.3) is 0 Å². The number of aryl methyl sites for hydroxylation is 1. The Hall–Kier alpha value is -1.70. The van der Waals surface area contributed by atoms with E-state index in [1.54, 1.807) is 30.0 Å². The normalized spacial score (nSPS) is 11.2. The third-order valence-electron chi connectivity index (χ3n) is 3.48. The van der Waals surface area contributed by atoms with E-state index in [0.717, 1.165) is 21.0 Å². The maximum absolute atomic E-state index is 12.2. The van der Waals surface area contributed by atoms with Crippen molar-refractivity contribution >= 4 is 45.0 Å². The Kier molecular flexibility index (Phi) is 7.37. The first-order valence-corrected chi connectivity index (χ1v) is 11.2. The molecule has 26 heavy (non-hydrogen) atoms. The first-order valence-electron chi connectivity index (χ1n) is 7.95. The largest absolute Gasteiger partial charge is 0.354 e. The average molecular weight is 413 g/mol. The lowest BCUT2D eigenvalue weighted by atomic mass is 10.2. The number of anilines is 1. The lowest BCUT2D eigenvalue weighted by Gasteiger charge is -2.22. The fourth-order valence-electron chi connectivity index (χ4n) is 2.26. The molecule has 5 nitrogen and oxygen atoms in total. The summed E-state index contributed by atoms with van der Waals surface area (Å²) in [4.78, 5) is 13.2. The number of hydrogen-bond acceptors (Lipinski definition) is 4. The van der Waals surface area contributed by atoms with Gasteiger partial charge < -0.3 is 5.32 Å². The van der Waals surface area contributed by atoms with Crippen LogP contribution in [0.5, 0.6) is 0 Å². The molecule has 2 aromatic rings. The molecule has 8 heteroatoms. The van der Waals surface area contributed by atoms with E-state index < -0.39 is 10.0 Å². The number of carbonyl (C=O) groups is 1. The Balaban J connectivity index is 1.88. The van der Waals surface area contributed by atoms with Crippen LogP contribution in [0.3, 0.4) is 0 Å². The van der Waals surface area contributed by atoms with Gasteiger partial charge in [-0.3, -0.25) is 9.10 Å². The van der Waals surface area contributed by atoms with Crippen molar-refractivity contribution in [2.75, 3.05) is 29.4 Å². The molecular formula is C18H21ClN2O3S2. The van der Waals surface area contributed by atoms with Crippen LogP contribution in [-0.2, 0) is 14.8 Å². The third-order valence-corrected chi connectivity index (χ3v) is 5.89. The highest BCUT2D eigenvalue weighted by molar-refractivity contribution is 7.99. The van der Waals surface area contributed by atoms with Gasteiger partial charge >= 0.3 is 0 Å². The zero-order valence-electron chi connectivity index (χ0n) is 14.6. The van der Waals surface area contributed by atoms with Crippen LogP contribution in [0.15, 0.2) is 53.4 Å². The molecular weight excluding hydrogens is 392 g/mol. The number of nitrogens with one attached hydrogen (secondary N) is 1. The zero-order valence-corrected chi connectivity index (χ0v) is 17.0. The quantitative estimate of drug-likeness (QED) is 0.533. The number of halogens is 1. The highest BCUT2D eigenvalue weighted by atomic mass is 35.5. The second-order valence-corrected chi connectivity index (χ2v) is 9.27. The molecule has 0 fully saturated rings. The molecule has 1 amide bonds. The van der Waals surface area contributed by atoms with E-state index in [4.69, 9.17) is 11.6 Å². The molecule has 0 radical (unpaired) electrons. The van der Waals surface area contributed by atoms with Crippen LogP contribution in [0.1, 0.15) is 5.56 Å². The van der Waals surface area contributed by atoms with E-state index in [9.17, 15) is 13.2 Å². The van der Waals surface area contributed by atoms with E-state index >= 15 is 0 Å². The van der Waals surface area contributed by atoms with Crippen LogP contribution < -0.4 is 9.62 Å². The second kappa shape index (κ2) is 9.30. The van der Waals surface area contributed by atoms with Crippen molar-refractivity contribution < 1.29 is 13.2 Å². The Labute approximate surface area is 163 Å². The van der Waals surface area contributed by atoms with Gasteiger partial charge in [-0.2, -0.15) is 0 Å². The predicted octanol–water partition coefficient (Wildman–Crippen LogP) is 3.32. The van der Waals surface area contributed by atoms with E-state index in [-0.39, 0.29) is 12.5 Å². The fraction of sp³-hybridized carbons (Fsp3) is 0.278. The van der Waals surface area contributed by atoms with Gasteiger partial charge in [0.1, 0.15) is 6.54 Å². The Bertz CT molecular complexity index is 855. The average Bonchev–Trinajstić information content (AvgIpc) is 2.57. The highest BCUT2D eigenvalue weighted by Crippen LogP contribution is 2.20. The molecule has 0 unspecified atom stereocenters. The molecule has 0 saturated carbocycles. The van der Waals surface area contributed by atoms with Gasteiger partial charge in [0.15, 0.2) is 0 Å². The van der Waals surface area contributed by atoms with Gasteiger partial charge in [0.25, 0.3) is 0 Å². The van der Waals surface area contributed by atoms with Gasteiger partial charge in [0, 0.05) is 22.2 Å². The minimum absolute atomic E-state index is 0.242. The summed E-state index contributed by atoms with van der Waals surface area (Å²) < 4.78 is 25.2. The maximum atomic E-state index is 12.2. The first kappa shape index (κ1) is 20.6. The third kappa shape index (κ3) is 6.55. The van der Waals surface area contributed by atoms with Crippen LogP contribution >= 0.6 is 23.4 Å². The predicted molar refractivity (Wildman–Crippen MR) is 109 cm³/mol. The van der Waals surface area contributed by atoms with Crippen LogP contribution in [0.4, 0.5) is 5.69 Å². The Morgan fingerprint density at radius 3 is 2.50 bits per heavy atom. The maximum Gasteiger partial charge on any atom is 0.240 e. The molecule has 0 bridgehead atoms. The first-order chi connectivity index (χ1) is 12.3. The van der Waals surface area contributed by atoms with Gasteiger partial charge in [0.05, 0.1) is 11.9 Å². The summed E-state index contributed by atoms with van der Waals surface area (Å²) in [5.74, 6) is 0.338. The molecule has 0 aliphatic heterocycles. The summed E-state index contributed by atoms with van der Waals surface area (Å²) in [7, 11) is -3.55. The topological polar surface area (TPSA) is 66.5 Å². The lowest BCUT2D eigenvalue weighted by molar-refractivity contribution is -0.119. The van der Waals surface area contributed by atoms with E-state index in [2.05, 4.69) is 5.32 Å². The number of hydrogen-bond donors (Lipinski definition) is 1. The lowest BCUT2D eigenvalue weighted by Crippen LogP contribution is -2.41. The molecule has 0 atom stereocenters. The van der Waals surface area contributed by atoms with E-state index in [0.29, 0.717) is 23.0 Å². The smallest absolute Gasteiger partial charge is 0.240 e. The molecule has 0 spiro atoms.